The molecule has 0 unspecified atom stereocenters. The Kier molecular flexibility index (Phi) is 2.73. The van der Waals surface area contributed by atoms with Gasteiger partial charge in [-0.05, 0) is 0 Å². The Labute approximate surface area is 88.5 Å². The van der Waals surface area contributed by atoms with Gasteiger partial charge >= 0.3 is 11.9 Å². The van der Waals surface area contributed by atoms with E-state index in [2.05, 4.69) is 0 Å². The van der Waals surface area contributed by atoms with Gasteiger partial charge in [-0.15, -0.1) is 0 Å². The molecule has 2 N–H and O–H groups in total. The highest BCUT2D eigenvalue weighted by Crippen LogP contribution is 2.30. The van der Waals surface area contributed by atoms with Crippen LogP contribution >= 0.6 is 23.2 Å². The van der Waals surface area contributed by atoms with Crippen LogP contribution in [0.5, 0.6) is 0 Å². The van der Waals surface area contributed by atoms with Gasteiger partial charge in [0.1, 0.15) is 16.4 Å². The lowest BCUT2D eigenvalue weighted by atomic mass is 10.3. The summed E-state index contributed by atoms with van der Waals surface area (Å²) in [6, 6.07) is 0. The van der Waals surface area contributed by atoms with Gasteiger partial charge in [0, 0.05) is 7.05 Å². The van der Waals surface area contributed by atoms with E-state index in [1.807, 2.05) is 0 Å². The minimum Gasteiger partial charge on any atom is -0.478 e. The molecular weight excluding hydrogens is 233 g/mol. The molecule has 76 valence electrons. The highest BCUT2D eigenvalue weighted by Gasteiger charge is 2.26. The first-order chi connectivity index (χ1) is 6.37. The largest absolute Gasteiger partial charge is 0.478 e. The Morgan fingerprint density at radius 2 is 1.71 bits per heavy atom. The van der Waals surface area contributed by atoms with Crippen LogP contribution in [-0.2, 0) is 7.05 Å². The SMILES string of the molecule is Cn1c(Cl)c(C(=O)O)c(Cl)c1C(=O)O. The first-order valence-electron chi connectivity index (χ1n) is 3.38. The van der Waals surface area contributed by atoms with E-state index >= 15 is 0 Å². The zero-order chi connectivity index (χ0) is 11.0. The van der Waals surface area contributed by atoms with Crippen LogP contribution in [0.3, 0.4) is 0 Å². The van der Waals surface area contributed by atoms with Crippen molar-refractivity contribution >= 4 is 35.1 Å². The van der Waals surface area contributed by atoms with Crippen LogP contribution in [-0.4, -0.2) is 26.7 Å². The number of aromatic nitrogens is 1. The van der Waals surface area contributed by atoms with Crippen molar-refractivity contribution in [2.75, 3.05) is 0 Å². The lowest BCUT2D eigenvalue weighted by molar-refractivity contribution is 0.0683. The van der Waals surface area contributed by atoms with Crippen molar-refractivity contribution in [3.05, 3.63) is 21.4 Å². The molecule has 0 saturated carbocycles. The van der Waals surface area contributed by atoms with Gasteiger partial charge in [0.25, 0.3) is 0 Å². The maximum Gasteiger partial charge on any atom is 0.354 e. The molecule has 0 bridgehead atoms. The molecule has 1 aromatic heterocycles. The van der Waals surface area contributed by atoms with Gasteiger partial charge in [0.05, 0.1) is 5.02 Å². The van der Waals surface area contributed by atoms with E-state index in [0.717, 1.165) is 4.57 Å². The number of hydrogen-bond donors (Lipinski definition) is 2. The molecule has 1 heterocycles. The van der Waals surface area contributed by atoms with Crippen molar-refractivity contribution in [2.45, 2.75) is 0 Å². The molecule has 0 aliphatic carbocycles. The summed E-state index contributed by atoms with van der Waals surface area (Å²) in [5.74, 6) is -2.69. The molecule has 0 saturated heterocycles. The quantitative estimate of drug-likeness (QED) is 0.822. The first kappa shape index (κ1) is 10.9. The van der Waals surface area contributed by atoms with Crippen molar-refractivity contribution in [3.63, 3.8) is 0 Å². The average Bonchev–Trinajstić information content (AvgIpc) is 2.23. The molecule has 1 rings (SSSR count). The molecule has 0 aliphatic heterocycles. The second kappa shape index (κ2) is 3.51. The maximum atomic E-state index is 10.7. The topological polar surface area (TPSA) is 79.5 Å². The molecule has 0 radical (unpaired) electrons. The van der Waals surface area contributed by atoms with Gasteiger partial charge in [0.2, 0.25) is 0 Å². The molecule has 0 amide bonds. The van der Waals surface area contributed by atoms with E-state index in [1.165, 1.54) is 7.05 Å². The maximum absolute atomic E-state index is 10.7. The monoisotopic (exact) mass is 237 g/mol. The van der Waals surface area contributed by atoms with E-state index < -0.39 is 17.5 Å². The molecule has 0 aliphatic rings. The Balaban J connectivity index is 3.57. The molecule has 0 spiro atoms. The lowest BCUT2D eigenvalue weighted by Gasteiger charge is -1.97. The zero-order valence-corrected chi connectivity index (χ0v) is 8.43. The number of rotatable bonds is 2. The number of aromatic carboxylic acids is 2. The van der Waals surface area contributed by atoms with Crippen molar-refractivity contribution in [1.82, 2.24) is 4.57 Å². The van der Waals surface area contributed by atoms with Crippen LogP contribution in [0, 0.1) is 0 Å². The standard InChI is InChI=1S/C7H5Cl2NO4/c1-10-4(7(13)14)3(8)2(5(10)9)6(11)12/h1H3,(H,11,12)(H,13,14). The van der Waals surface area contributed by atoms with Crippen LogP contribution in [0.2, 0.25) is 10.2 Å². The summed E-state index contributed by atoms with van der Waals surface area (Å²) >= 11 is 11.2. The number of carboxylic acid groups (broad SMARTS) is 2. The third kappa shape index (κ3) is 1.44. The summed E-state index contributed by atoms with van der Waals surface area (Å²) in [6.45, 7) is 0. The van der Waals surface area contributed by atoms with Gasteiger partial charge < -0.3 is 14.8 Å². The molecule has 5 nitrogen and oxygen atoms in total. The van der Waals surface area contributed by atoms with E-state index in [1.54, 1.807) is 0 Å². The fourth-order valence-electron chi connectivity index (χ4n) is 1.04. The second-order valence-corrected chi connectivity index (χ2v) is 3.23. The number of nitrogens with zero attached hydrogens (tertiary/aromatic N) is 1. The van der Waals surface area contributed by atoms with Gasteiger partial charge in [0.15, 0.2) is 0 Å². The van der Waals surface area contributed by atoms with Crippen molar-refractivity contribution in [2.24, 2.45) is 7.05 Å². The number of carbonyl (C=O) groups is 2. The van der Waals surface area contributed by atoms with Crippen LogP contribution in [0.25, 0.3) is 0 Å². The van der Waals surface area contributed by atoms with E-state index in [-0.39, 0.29) is 15.9 Å². The third-order valence-corrected chi connectivity index (χ3v) is 2.49. The van der Waals surface area contributed by atoms with E-state index in [0.29, 0.717) is 0 Å². The van der Waals surface area contributed by atoms with Crippen molar-refractivity contribution < 1.29 is 19.8 Å². The normalized spacial score (nSPS) is 10.2. The van der Waals surface area contributed by atoms with Crippen molar-refractivity contribution in [3.8, 4) is 0 Å². The lowest BCUT2D eigenvalue weighted by Crippen LogP contribution is -2.04. The molecule has 0 aromatic carbocycles. The van der Waals surface area contributed by atoms with Crippen LogP contribution < -0.4 is 0 Å². The van der Waals surface area contributed by atoms with E-state index in [9.17, 15) is 9.59 Å². The highest BCUT2D eigenvalue weighted by molar-refractivity contribution is 6.41. The number of hydrogen-bond acceptors (Lipinski definition) is 2. The van der Waals surface area contributed by atoms with Gasteiger partial charge in [-0.2, -0.15) is 0 Å². The Morgan fingerprint density at radius 3 is 1.93 bits per heavy atom. The zero-order valence-electron chi connectivity index (χ0n) is 6.91. The average molecular weight is 238 g/mol. The predicted octanol–water partition coefficient (Wildman–Crippen LogP) is 1.73. The third-order valence-electron chi connectivity index (χ3n) is 1.68. The minimum absolute atomic E-state index is 0.208. The summed E-state index contributed by atoms with van der Waals surface area (Å²) in [5.41, 5.74) is -0.734. The molecule has 1 aromatic rings. The summed E-state index contributed by atoms with van der Waals surface area (Å²) in [4.78, 5) is 21.3. The summed E-state index contributed by atoms with van der Waals surface area (Å²) < 4.78 is 1.01. The fraction of sp³-hybridized carbons (Fsp3) is 0.143. The second-order valence-electron chi connectivity index (χ2n) is 2.50. The summed E-state index contributed by atoms with van der Waals surface area (Å²) in [7, 11) is 1.32. The number of carboxylic acids is 2. The van der Waals surface area contributed by atoms with Gasteiger partial charge in [-0.1, -0.05) is 23.2 Å². The fourth-order valence-corrected chi connectivity index (χ4v) is 1.73. The Bertz CT molecular complexity index is 386. The minimum atomic E-state index is -1.36. The summed E-state index contributed by atoms with van der Waals surface area (Å²) in [5, 5.41) is 16.8. The van der Waals surface area contributed by atoms with Crippen molar-refractivity contribution in [1.29, 1.82) is 0 Å². The van der Waals surface area contributed by atoms with Crippen LogP contribution in [0.15, 0.2) is 0 Å². The predicted molar refractivity (Wildman–Crippen MR) is 49.4 cm³/mol. The van der Waals surface area contributed by atoms with Crippen LogP contribution in [0.4, 0.5) is 0 Å². The van der Waals surface area contributed by atoms with E-state index in [4.69, 9.17) is 33.4 Å². The first-order valence-corrected chi connectivity index (χ1v) is 4.13. The Hall–Kier alpha value is -1.20. The Morgan fingerprint density at radius 1 is 1.21 bits per heavy atom. The highest BCUT2D eigenvalue weighted by atomic mass is 35.5. The number of halogens is 2. The molecule has 14 heavy (non-hydrogen) atoms. The van der Waals surface area contributed by atoms with Crippen LogP contribution in [0.1, 0.15) is 20.8 Å². The van der Waals surface area contributed by atoms with Gasteiger partial charge in [-0.3, -0.25) is 0 Å². The molecule has 0 fully saturated rings. The molecule has 7 heteroatoms. The molecular formula is C7H5Cl2NO4. The van der Waals surface area contributed by atoms with Gasteiger partial charge in [-0.25, -0.2) is 9.59 Å². The summed E-state index contributed by atoms with van der Waals surface area (Å²) in [6.07, 6.45) is 0. The smallest absolute Gasteiger partial charge is 0.354 e. The molecule has 0 atom stereocenters.